The van der Waals surface area contributed by atoms with Crippen molar-refractivity contribution >= 4 is 69.1 Å². The van der Waals surface area contributed by atoms with Crippen molar-refractivity contribution in [3.8, 4) is 5.75 Å². The number of halogens is 2. The highest BCUT2D eigenvalue weighted by molar-refractivity contribution is 7.13. The Bertz CT molecular complexity index is 2530. The standard InChI is InChI=1S/C45H48ClFN10O7S/c46-33-8-5-10-36(40(33)47)64-30-15-17-45(18-16-30,24-28-6-3-11-37(50-28)52-44-48-19-23-65-44)43(62)49-25-29-26-56(55-54-29)20-22-63-21-2-1-12-38(58)51-34-9-4-7-31-32(34)27-57(42(31)61)35-13-14-39(59)53-41(35)60/h3-11,19,23,26,30,35H,1-2,12-18,20-22,24-25,27H2,(H,49,62)(H,51,58)(H,48,50,52)(H,53,59,60). The minimum atomic E-state index is -0.812. The molecule has 1 aliphatic carbocycles. The van der Waals surface area contributed by atoms with E-state index in [1.165, 1.54) is 22.3 Å². The molecule has 1 saturated heterocycles. The molecule has 0 bridgehead atoms. The number of nitrogens with one attached hydrogen (secondary N) is 4. The third kappa shape index (κ3) is 11.1. The van der Waals surface area contributed by atoms with Crippen LogP contribution in [-0.4, -0.2) is 84.8 Å². The molecule has 3 aliphatic rings. The van der Waals surface area contributed by atoms with Crippen LogP contribution in [0.2, 0.25) is 5.02 Å². The first kappa shape index (κ1) is 45.3. The van der Waals surface area contributed by atoms with Crippen LogP contribution < -0.4 is 26.0 Å². The molecule has 1 unspecified atom stereocenters. The van der Waals surface area contributed by atoms with E-state index in [2.05, 4.69) is 36.6 Å². The molecule has 8 rings (SSSR count). The Labute approximate surface area is 382 Å². The Morgan fingerprint density at radius 3 is 2.65 bits per heavy atom. The van der Waals surface area contributed by atoms with Gasteiger partial charge < -0.3 is 30.3 Å². The second-order valence-corrected chi connectivity index (χ2v) is 17.6. The summed E-state index contributed by atoms with van der Waals surface area (Å²) in [6.45, 7) is 1.57. The summed E-state index contributed by atoms with van der Waals surface area (Å²) in [5, 5.41) is 22.6. The summed E-state index contributed by atoms with van der Waals surface area (Å²) in [4.78, 5) is 74.7. The number of rotatable bonds is 19. The molecular formula is C45H48ClFN10O7S. The largest absolute Gasteiger partial charge is 0.487 e. The normalized spacial score (nSPS) is 19.4. The first-order chi connectivity index (χ1) is 31.5. The van der Waals surface area contributed by atoms with Crippen molar-refractivity contribution in [1.29, 1.82) is 0 Å². The number of carbonyl (C=O) groups excluding carboxylic acids is 5. The summed E-state index contributed by atoms with van der Waals surface area (Å²) >= 11 is 7.45. The number of benzene rings is 2. The van der Waals surface area contributed by atoms with Gasteiger partial charge in [-0.3, -0.25) is 29.3 Å². The molecular weight excluding hydrogens is 879 g/mol. The van der Waals surface area contributed by atoms with Crippen molar-refractivity contribution in [2.45, 2.75) is 96.0 Å². The fraction of sp³-hybridized carbons (Fsp3) is 0.400. The van der Waals surface area contributed by atoms with Crippen molar-refractivity contribution in [2.24, 2.45) is 5.41 Å². The Kier molecular flexibility index (Phi) is 14.4. The summed E-state index contributed by atoms with van der Waals surface area (Å²) in [6, 6.07) is 14.7. The fourth-order valence-corrected chi connectivity index (χ4v) is 9.14. The minimum absolute atomic E-state index is 0.0115. The first-order valence-corrected chi connectivity index (χ1v) is 22.8. The van der Waals surface area contributed by atoms with Crippen molar-refractivity contribution in [2.75, 3.05) is 23.8 Å². The van der Waals surface area contributed by atoms with E-state index in [9.17, 15) is 28.4 Å². The molecule has 2 fully saturated rings. The van der Waals surface area contributed by atoms with Crippen LogP contribution in [-0.2, 0) is 50.0 Å². The number of hydrogen-bond acceptors (Lipinski definition) is 13. The van der Waals surface area contributed by atoms with E-state index in [1.54, 1.807) is 47.4 Å². The molecule has 17 nitrogen and oxygen atoms in total. The topological polar surface area (TPSA) is 212 Å². The lowest BCUT2D eigenvalue weighted by Gasteiger charge is -2.39. The number of nitrogens with zero attached hydrogens (tertiary/aromatic N) is 6. The van der Waals surface area contributed by atoms with E-state index < -0.39 is 23.2 Å². The number of anilines is 3. The summed E-state index contributed by atoms with van der Waals surface area (Å²) in [6.07, 6.45) is 7.46. The van der Waals surface area contributed by atoms with E-state index >= 15 is 0 Å². The van der Waals surface area contributed by atoms with Crippen molar-refractivity contribution in [3.05, 3.63) is 106 Å². The monoisotopic (exact) mass is 926 g/mol. The fourth-order valence-electron chi connectivity index (χ4n) is 8.44. The Hall–Kier alpha value is -6.31. The summed E-state index contributed by atoms with van der Waals surface area (Å²) in [7, 11) is 0. The second-order valence-electron chi connectivity index (χ2n) is 16.3. The molecule has 1 atom stereocenters. The van der Waals surface area contributed by atoms with Gasteiger partial charge in [0.1, 0.15) is 17.6 Å². The number of pyridine rings is 1. The highest BCUT2D eigenvalue weighted by Gasteiger charge is 2.43. The van der Waals surface area contributed by atoms with Crippen LogP contribution in [0.1, 0.15) is 85.1 Å². The summed E-state index contributed by atoms with van der Waals surface area (Å²) in [5.74, 6) is -1.37. The SMILES string of the molecule is O=C1CCC(N2Cc3c(NC(=O)CCCCOCCn4cc(CNC(=O)C5(Cc6cccc(Nc7nccs7)n6)CCC(Oc6cccc(Cl)c6F)CC5)nn4)cccc3C2=O)C(=O)N1. The average molecular weight is 927 g/mol. The quantitative estimate of drug-likeness (QED) is 0.0545. The maximum Gasteiger partial charge on any atom is 0.255 e. The number of aromatic nitrogens is 5. The van der Waals surface area contributed by atoms with Crippen molar-refractivity contribution in [3.63, 3.8) is 0 Å². The maximum absolute atomic E-state index is 14.7. The number of piperidine rings is 1. The van der Waals surface area contributed by atoms with E-state index in [4.69, 9.17) is 26.1 Å². The van der Waals surface area contributed by atoms with Crippen LogP contribution in [0.3, 0.4) is 0 Å². The zero-order valence-electron chi connectivity index (χ0n) is 35.4. The second kappa shape index (κ2) is 20.7. The number of fused-ring (bicyclic) bond motifs is 1. The molecule has 65 heavy (non-hydrogen) atoms. The van der Waals surface area contributed by atoms with Gasteiger partial charge >= 0.3 is 0 Å². The highest BCUT2D eigenvalue weighted by atomic mass is 35.5. The number of unbranched alkanes of at least 4 members (excludes halogenated alkanes) is 1. The van der Waals surface area contributed by atoms with Gasteiger partial charge in [-0.2, -0.15) is 0 Å². The predicted octanol–water partition coefficient (Wildman–Crippen LogP) is 6.12. The Morgan fingerprint density at radius 1 is 1.00 bits per heavy atom. The van der Waals surface area contributed by atoms with Gasteiger partial charge in [-0.05, 0) is 81.3 Å². The molecule has 5 amide bonds. The number of ether oxygens (including phenoxy) is 2. The molecule has 1 saturated carbocycles. The summed E-state index contributed by atoms with van der Waals surface area (Å²) < 4.78 is 28.2. The van der Waals surface area contributed by atoms with Crippen molar-refractivity contribution < 1.29 is 37.8 Å². The van der Waals surface area contributed by atoms with Gasteiger partial charge in [-0.25, -0.2) is 19.0 Å². The third-order valence-electron chi connectivity index (χ3n) is 11.9. The predicted molar refractivity (Wildman–Crippen MR) is 238 cm³/mol. The van der Waals surface area contributed by atoms with Crippen LogP contribution in [0.5, 0.6) is 5.75 Å². The maximum atomic E-state index is 14.7. The van der Waals surface area contributed by atoms with E-state index in [-0.39, 0.29) is 72.9 Å². The number of thiazole rings is 1. The van der Waals surface area contributed by atoms with Crippen LogP contribution >= 0.6 is 22.9 Å². The zero-order chi connectivity index (χ0) is 45.3. The molecule has 0 spiro atoms. The van der Waals surface area contributed by atoms with Crippen LogP contribution in [0.4, 0.5) is 21.0 Å². The van der Waals surface area contributed by atoms with Crippen molar-refractivity contribution in [1.82, 2.24) is 40.5 Å². The van der Waals surface area contributed by atoms with Gasteiger partial charge in [0.15, 0.2) is 16.7 Å². The van der Waals surface area contributed by atoms with Crippen LogP contribution in [0.25, 0.3) is 0 Å². The molecule has 20 heteroatoms. The number of carbonyl (C=O) groups is 5. The van der Waals surface area contributed by atoms with Gasteiger partial charge in [0.25, 0.3) is 5.91 Å². The lowest BCUT2D eigenvalue weighted by Crippen LogP contribution is -2.52. The molecule has 5 aromatic rings. The lowest BCUT2D eigenvalue weighted by atomic mass is 9.69. The van der Waals surface area contributed by atoms with Gasteiger partial charge in [-0.15, -0.1) is 16.4 Å². The zero-order valence-corrected chi connectivity index (χ0v) is 37.0. The Morgan fingerprint density at radius 2 is 1.83 bits per heavy atom. The number of hydrogen-bond donors (Lipinski definition) is 4. The van der Waals surface area contributed by atoms with Gasteiger partial charge in [0, 0.05) is 66.5 Å². The highest BCUT2D eigenvalue weighted by Crippen LogP contribution is 2.42. The number of amides is 5. The average Bonchev–Trinajstić information content (AvgIpc) is 4.06. The molecule has 2 aromatic carbocycles. The molecule has 4 N–H and O–H groups in total. The molecule has 340 valence electrons. The first-order valence-electron chi connectivity index (χ1n) is 21.6. The molecule has 0 radical (unpaired) electrons. The van der Waals surface area contributed by atoms with Gasteiger partial charge in [-0.1, -0.05) is 35.0 Å². The molecule has 2 aliphatic heterocycles. The van der Waals surface area contributed by atoms with E-state index in [0.717, 1.165) is 5.69 Å². The molecule has 5 heterocycles. The van der Waals surface area contributed by atoms with Crippen LogP contribution in [0, 0.1) is 11.2 Å². The molecule has 3 aromatic heterocycles. The minimum Gasteiger partial charge on any atom is -0.487 e. The third-order valence-corrected chi connectivity index (χ3v) is 12.8. The lowest BCUT2D eigenvalue weighted by molar-refractivity contribution is -0.137. The smallest absolute Gasteiger partial charge is 0.255 e. The number of imide groups is 1. The van der Waals surface area contributed by atoms with Crippen LogP contribution in [0.15, 0.2) is 72.4 Å². The van der Waals surface area contributed by atoms with E-state index in [0.29, 0.717) is 98.2 Å². The van der Waals surface area contributed by atoms with Gasteiger partial charge in [0.2, 0.25) is 23.6 Å². The Balaban J connectivity index is 0.777. The van der Waals surface area contributed by atoms with E-state index in [1.807, 2.05) is 23.6 Å². The summed E-state index contributed by atoms with van der Waals surface area (Å²) in [5.41, 5.74) is 2.12. The van der Waals surface area contributed by atoms with Gasteiger partial charge in [0.05, 0.1) is 42.4 Å².